The lowest BCUT2D eigenvalue weighted by Crippen LogP contribution is -2.50. The smallest absolute Gasteiger partial charge is 0.258 e. The Morgan fingerprint density at radius 2 is 0.697 bits per heavy atom. The number of nitrogens with zero attached hydrogens (tertiary/aromatic N) is 28. The molecule has 21 rings (SSSR count). The van der Waals surface area contributed by atoms with Crippen molar-refractivity contribution in [3.05, 3.63) is 236 Å². The van der Waals surface area contributed by atoms with Crippen LogP contribution in [0.1, 0.15) is 55.4 Å². The molecule has 5 aliphatic heterocycles. The Hall–Kier alpha value is -13.1. The number of likely N-dealkylation sites (N-methyl/N-ethyl adjacent to an activating group) is 1. The molecule has 0 aliphatic carbocycles. The van der Waals surface area contributed by atoms with Crippen LogP contribution in [0.5, 0.6) is 0 Å². The minimum atomic E-state index is -0.137. The third-order valence-electron chi connectivity index (χ3n) is 23.4. The molecule has 1 N–H and O–H groups in total. The Bertz CT molecular complexity index is 6730. The first-order chi connectivity index (χ1) is 57.8. The summed E-state index contributed by atoms with van der Waals surface area (Å²) in [5.74, 6) is 0. The number of pyridine rings is 4. The highest BCUT2D eigenvalue weighted by Crippen LogP contribution is 2.30. The highest BCUT2D eigenvalue weighted by atomic mass is 16.3. The summed E-state index contributed by atoms with van der Waals surface area (Å²) < 4.78 is 13.5. The molecule has 0 radical (unpaired) electrons. The summed E-state index contributed by atoms with van der Waals surface area (Å²) in [7, 11) is 4.28. The molecule has 1 atom stereocenters. The fourth-order valence-electron chi connectivity index (χ4n) is 16.6. The van der Waals surface area contributed by atoms with E-state index in [9.17, 15) is 19.2 Å². The number of aliphatic hydroxyl groups excluding tert-OH is 1. The van der Waals surface area contributed by atoms with E-state index in [2.05, 4.69) is 128 Å². The molecule has 16 aromatic rings. The van der Waals surface area contributed by atoms with Crippen LogP contribution in [-0.2, 0) is 0 Å². The Balaban J connectivity index is 0.000000109. The Kier molecular flexibility index (Phi) is 21.3. The van der Waals surface area contributed by atoms with Gasteiger partial charge in [0, 0.05) is 153 Å². The third kappa shape index (κ3) is 16.3. The molecule has 119 heavy (non-hydrogen) atoms. The van der Waals surface area contributed by atoms with Gasteiger partial charge in [-0.2, -0.15) is 20.4 Å². The van der Waals surface area contributed by atoms with Gasteiger partial charge >= 0.3 is 0 Å². The zero-order valence-electron chi connectivity index (χ0n) is 67.8. The summed E-state index contributed by atoms with van der Waals surface area (Å²) in [6.45, 7) is 25.7. The molecule has 33 heteroatoms. The van der Waals surface area contributed by atoms with Gasteiger partial charge < -0.3 is 34.5 Å². The van der Waals surface area contributed by atoms with Gasteiger partial charge in [0.2, 0.25) is 0 Å². The topological polar surface area (TPSA) is 304 Å². The van der Waals surface area contributed by atoms with Crippen molar-refractivity contribution >= 4 is 67.4 Å². The second-order valence-corrected chi connectivity index (χ2v) is 31.5. The number of piperidine rings is 1. The second-order valence-electron chi connectivity index (χ2n) is 31.5. The number of hydrogen-bond acceptors (Lipinski definition) is 25. The molecule has 33 nitrogen and oxygen atoms in total. The van der Waals surface area contributed by atoms with Crippen LogP contribution in [0.4, 0.5) is 22.7 Å². The van der Waals surface area contributed by atoms with Crippen molar-refractivity contribution in [2.45, 2.75) is 72.4 Å². The van der Waals surface area contributed by atoms with Crippen molar-refractivity contribution in [2.75, 3.05) is 145 Å². The molecule has 5 fully saturated rings. The lowest BCUT2D eigenvalue weighted by Gasteiger charge is -2.38. The van der Waals surface area contributed by atoms with Crippen LogP contribution >= 0.6 is 0 Å². The maximum absolute atomic E-state index is 12.9. The monoisotopic (exact) mass is 1600 g/mol. The first-order valence-electron chi connectivity index (χ1n) is 40.7. The molecule has 0 spiro atoms. The van der Waals surface area contributed by atoms with Gasteiger partial charge in [-0.1, -0.05) is 6.92 Å². The van der Waals surface area contributed by atoms with Gasteiger partial charge in [-0.3, -0.25) is 66.5 Å². The molecule has 5 saturated heterocycles. The largest absolute Gasteiger partial charge is 0.395 e. The van der Waals surface area contributed by atoms with Crippen molar-refractivity contribution in [1.29, 1.82) is 0 Å². The summed E-state index contributed by atoms with van der Waals surface area (Å²) >= 11 is 0. The number of piperazine rings is 3. The van der Waals surface area contributed by atoms with Gasteiger partial charge in [0.25, 0.3) is 22.2 Å². The van der Waals surface area contributed by atoms with Crippen molar-refractivity contribution in [3.8, 4) is 45.6 Å². The summed E-state index contributed by atoms with van der Waals surface area (Å²) in [6, 6.07) is 30.8. The zero-order chi connectivity index (χ0) is 81.7. The van der Waals surface area contributed by atoms with Gasteiger partial charge in [0.15, 0.2) is 0 Å². The lowest BCUT2D eigenvalue weighted by atomic mass is 10.0. The van der Waals surface area contributed by atoms with Crippen molar-refractivity contribution < 1.29 is 5.11 Å². The zero-order valence-corrected chi connectivity index (χ0v) is 67.8. The van der Waals surface area contributed by atoms with Crippen LogP contribution in [0.3, 0.4) is 0 Å². The third-order valence-corrected chi connectivity index (χ3v) is 23.4. The number of anilines is 4. The molecule has 608 valence electrons. The number of fused-ring (bicyclic) bond motifs is 9. The highest BCUT2D eigenvalue weighted by molar-refractivity contribution is 5.69. The summed E-state index contributed by atoms with van der Waals surface area (Å²) in [4.78, 5) is 106. The van der Waals surface area contributed by atoms with Crippen molar-refractivity contribution in [1.82, 2.24) is 116 Å². The summed E-state index contributed by atoms with van der Waals surface area (Å²) in [5.41, 5.74) is 18.1. The maximum Gasteiger partial charge on any atom is 0.258 e. The molecule has 0 saturated carbocycles. The van der Waals surface area contributed by atoms with E-state index in [0.717, 1.165) is 172 Å². The molecule has 0 bridgehead atoms. The van der Waals surface area contributed by atoms with Gasteiger partial charge in [-0.25, -0.2) is 38.0 Å². The number of aromatic nitrogens is 20. The molecular weight excluding hydrogens is 1510 g/mol. The van der Waals surface area contributed by atoms with Crippen LogP contribution in [0.25, 0.3) is 90.2 Å². The average molecular weight is 1600 g/mol. The van der Waals surface area contributed by atoms with Crippen LogP contribution in [0.2, 0.25) is 0 Å². The number of β-amino-alcohol motifs (C(OH)–C–C–N with tert-alkyl or cyclic N) is 1. The van der Waals surface area contributed by atoms with E-state index in [-0.39, 0.29) is 28.8 Å². The molecule has 0 amide bonds. The molecule has 0 aromatic carbocycles. The van der Waals surface area contributed by atoms with E-state index in [1.165, 1.54) is 25.5 Å². The van der Waals surface area contributed by atoms with Crippen molar-refractivity contribution in [3.63, 3.8) is 0 Å². The van der Waals surface area contributed by atoms with Crippen LogP contribution in [-0.4, -0.2) is 258 Å². The number of aliphatic hydroxyl groups is 1. The standard InChI is InChI=1S/C22H23N7O.C22H25N7O.C21H23N7O2.C21H23N7O/c1-15-12-29-18(11-23-15)9-20(25-29)19-10-22(30)28-14-17(4-5-21(28)24-19)27-8-7-26-6-2-3-16(26)13-27;1-15-13-29-18(12-23-15)10-20(25-29)19-11-22(30)28-14-17(4-5-21(28)24-19)27-8-6-16(7-9-27)26(2)3;1-15-13-28-17(12-22-15)10-19(24-28)18-11-21(30)27-14-16(2-3-20(27)23-18)26-6-4-25(5-7-26)8-9-29;1-3-25-6-8-26(9-7-25)16-4-5-20-23-18(11-21(29)27(20)14-16)19-10-17-12-22-15(2)13-28(17)24-19/h4-5,9-12,14,16H,2-3,6-8,13H2,1H3;4-5,10-14,16H,6-9H2,1-3H3;2-3,10-14,29H,4-9H2,1H3;4-5,10-14H,3,6-9H2,1-2H3/t16-;;;/m1.../s1. The maximum atomic E-state index is 12.9. The van der Waals surface area contributed by atoms with Crippen LogP contribution < -0.4 is 41.8 Å². The van der Waals surface area contributed by atoms with E-state index in [0.29, 0.717) is 86.8 Å². The molecule has 21 heterocycles. The SMILES string of the molecule is CCN1CCN(c2ccc3nc(-c4cc5cnc(C)cn5n4)cc(=O)n3c2)CC1.Cc1cn2nc(-c3cc(=O)n4cc(N5CCC(N(C)C)CC5)ccc4n3)cc2cn1.Cc1cn2nc(-c3cc(=O)n4cc(N5CCN(CCO)CC5)ccc4n3)cc2cn1.Cc1cn2nc(-c3cc(=O)n4cc(N5CCN6CCC[C@@H]6C5)ccc4n3)cc2cn1. The average Bonchev–Trinajstić information content (AvgIpc) is 1.47. The number of aryl methyl sites for hydroxylation is 4. The van der Waals surface area contributed by atoms with Gasteiger partial charge in [-0.15, -0.1) is 0 Å². The fourth-order valence-corrected chi connectivity index (χ4v) is 16.6. The van der Waals surface area contributed by atoms with Crippen molar-refractivity contribution in [2.24, 2.45) is 0 Å². The quantitative estimate of drug-likeness (QED) is 0.130. The highest BCUT2D eigenvalue weighted by Gasteiger charge is 2.31. The predicted molar refractivity (Wildman–Crippen MR) is 459 cm³/mol. The van der Waals surface area contributed by atoms with E-state index in [1.807, 2.05) is 138 Å². The van der Waals surface area contributed by atoms with E-state index < -0.39 is 0 Å². The number of hydrogen-bond donors (Lipinski definition) is 1. The van der Waals surface area contributed by atoms with Gasteiger partial charge in [-0.05, 0) is 153 Å². The predicted octanol–water partition coefficient (Wildman–Crippen LogP) is 6.92. The van der Waals surface area contributed by atoms with Crippen LogP contribution in [0, 0.1) is 27.7 Å². The Labute approximate surface area is 683 Å². The Morgan fingerprint density at radius 1 is 0.370 bits per heavy atom. The number of rotatable bonds is 12. The summed E-state index contributed by atoms with van der Waals surface area (Å²) in [5, 5.41) is 27.3. The molecule has 0 unspecified atom stereocenters. The lowest BCUT2D eigenvalue weighted by molar-refractivity contribution is 0.189. The minimum Gasteiger partial charge on any atom is -0.395 e. The molecular formula is C86H94N28O5. The second kappa shape index (κ2) is 32.8. The normalized spacial score (nSPS) is 16.5. The van der Waals surface area contributed by atoms with Gasteiger partial charge in [0.1, 0.15) is 45.4 Å². The molecule has 16 aromatic heterocycles. The van der Waals surface area contributed by atoms with Gasteiger partial charge in [0.05, 0.1) is 147 Å². The van der Waals surface area contributed by atoms with E-state index in [1.54, 1.807) is 78.7 Å². The minimum absolute atomic E-state index is 0.0947. The van der Waals surface area contributed by atoms with E-state index in [4.69, 9.17) is 10.1 Å². The Morgan fingerprint density at radius 3 is 1.03 bits per heavy atom. The fraction of sp³-hybridized carbons (Fsp3) is 0.349. The van der Waals surface area contributed by atoms with E-state index >= 15 is 0 Å². The first-order valence-corrected chi connectivity index (χ1v) is 40.7. The van der Waals surface area contributed by atoms with Crippen LogP contribution in [0.15, 0.2) is 191 Å². The molecule has 5 aliphatic rings. The first kappa shape index (κ1) is 77.2. The summed E-state index contributed by atoms with van der Waals surface area (Å²) in [6.07, 6.45) is 26.9.